The highest BCUT2D eigenvalue weighted by Crippen LogP contribution is 2.31. The van der Waals surface area contributed by atoms with Crippen molar-refractivity contribution >= 4 is 10.9 Å². The van der Waals surface area contributed by atoms with E-state index in [2.05, 4.69) is 34.1 Å². The standard InChI is InChI=1S/C26H25FN2O/c27-24-17-22-13-7-14-28-25(22)23(18-24)19-29(15-8-16-30)26(20-9-3-1-4-10-20)21-11-5-2-6-12-21/h1-7,9-14,17-18,26,30H,8,15-16,19H2. The van der Waals surface area contributed by atoms with Gasteiger partial charge in [-0.3, -0.25) is 9.88 Å². The number of fused-ring (bicyclic) bond motifs is 1. The summed E-state index contributed by atoms with van der Waals surface area (Å²) in [5.74, 6) is -0.261. The van der Waals surface area contributed by atoms with Crippen molar-refractivity contribution < 1.29 is 9.50 Å². The van der Waals surface area contributed by atoms with Crippen LogP contribution in [0.25, 0.3) is 10.9 Å². The van der Waals surface area contributed by atoms with Gasteiger partial charge in [0.1, 0.15) is 5.82 Å². The Morgan fingerprint density at radius 1 is 0.867 bits per heavy atom. The smallest absolute Gasteiger partial charge is 0.124 e. The molecule has 0 atom stereocenters. The molecule has 0 amide bonds. The van der Waals surface area contributed by atoms with Crippen molar-refractivity contribution in [3.63, 3.8) is 0 Å². The van der Waals surface area contributed by atoms with E-state index in [1.165, 1.54) is 6.07 Å². The van der Waals surface area contributed by atoms with Crippen LogP contribution in [-0.2, 0) is 6.54 Å². The fourth-order valence-electron chi connectivity index (χ4n) is 4.02. The van der Waals surface area contributed by atoms with Crippen molar-refractivity contribution in [2.75, 3.05) is 13.2 Å². The van der Waals surface area contributed by atoms with Crippen LogP contribution in [0.2, 0.25) is 0 Å². The molecule has 4 heteroatoms. The lowest BCUT2D eigenvalue weighted by atomic mass is 9.96. The Bertz CT molecular complexity index is 1050. The number of nitrogens with zero attached hydrogens (tertiary/aromatic N) is 2. The number of aromatic nitrogens is 1. The Morgan fingerprint density at radius 3 is 2.17 bits per heavy atom. The van der Waals surface area contributed by atoms with E-state index in [1.54, 1.807) is 12.3 Å². The Labute approximate surface area is 176 Å². The van der Waals surface area contributed by atoms with Crippen molar-refractivity contribution in [1.29, 1.82) is 0 Å². The molecular weight excluding hydrogens is 375 g/mol. The summed E-state index contributed by atoms with van der Waals surface area (Å²) in [5, 5.41) is 10.3. The predicted molar refractivity (Wildman–Crippen MR) is 119 cm³/mol. The second kappa shape index (κ2) is 9.61. The zero-order valence-electron chi connectivity index (χ0n) is 16.8. The number of halogens is 1. The van der Waals surface area contributed by atoms with Crippen molar-refractivity contribution in [2.45, 2.75) is 19.0 Å². The van der Waals surface area contributed by atoms with E-state index in [1.807, 2.05) is 48.5 Å². The highest BCUT2D eigenvalue weighted by Gasteiger charge is 2.23. The predicted octanol–water partition coefficient (Wildman–Crippen LogP) is 5.35. The topological polar surface area (TPSA) is 36.4 Å². The molecule has 1 N–H and O–H groups in total. The van der Waals surface area contributed by atoms with E-state index in [-0.39, 0.29) is 18.5 Å². The van der Waals surface area contributed by atoms with Crippen LogP contribution in [0.15, 0.2) is 91.1 Å². The van der Waals surface area contributed by atoms with E-state index in [9.17, 15) is 9.50 Å². The van der Waals surface area contributed by atoms with Gasteiger partial charge in [0.05, 0.1) is 11.6 Å². The molecule has 4 aromatic rings. The van der Waals surface area contributed by atoms with Gasteiger partial charge in [-0.15, -0.1) is 0 Å². The van der Waals surface area contributed by atoms with Crippen LogP contribution in [0.4, 0.5) is 4.39 Å². The van der Waals surface area contributed by atoms with Gasteiger partial charge in [0.15, 0.2) is 0 Å². The lowest BCUT2D eigenvalue weighted by Crippen LogP contribution is -2.31. The molecule has 0 unspecified atom stereocenters. The van der Waals surface area contributed by atoms with Gasteiger partial charge in [-0.2, -0.15) is 0 Å². The first-order valence-corrected chi connectivity index (χ1v) is 10.2. The Balaban J connectivity index is 1.79. The zero-order chi connectivity index (χ0) is 20.8. The summed E-state index contributed by atoms with van der Waals surface area (Å²) in [6, 6.07) is 27.4. The lowest BCUT2D eigenvalue weighted by molar-refractivity contribution is 0.187. The summed E-state index contributed by atoms with van der Waals surface area (Å²) >= 11 is 0. The molecule has 4 rings (SSSR count). The molecule has 0 aliphatic rings. The van der Waals surface area contributed by atoms with Gasteiger partial charge in [0.2, 0.25) is 0 Å². The van der Waals surface area contributed by atoms with Crippen molar-refractivity contribution in [1.82, 2.24) is 9.88 Å². The summed E-state index contributed by atoms with van der Waals surface area (Å²) in [6.45, 7) is 1.31. The molecule has 0 saturated carbocycles. The van der Waals surface area contributed by atoms with Crippen molar-refractivity contribution in [2.24, 2.45) is 0 Å². The van der Waals surface area contributed by atoms with Crippen LogP contribution >= 0.6 is 0 Å². The third kappa shape index (κ3) is 4.56. The molecule has 1 aromatic heterocycles. The van der Waals surface area contributed by atoms with Crippen LogP contribution in [0.5, 0.6) is 0 Å². The minimum absolute atomic E-state index is 0.0130. The summed E-state index contributed by atoms with van der Waals surface area (Å²) in [6.07, 6.45) is 2.38. The van der Waals surface area contributed by atoms with Crippen LogP contribution in [0.1, 0.15) is 29.2 Å². The Kier molecular flexibility index (Phi) is 6.47. The van der Waals surface area contributed by atoms with Gasteiger partial charge >= 0.3 is 0 Å². The first kappa shape index (κ1) is 20.2. The minimum Gasteiger partial charge on any atom is -0.396 e. The summed E-state index contributed by atoms with van der Waals surface area (Å²) in [4.78, 5) is 6.81. The molecule has 3 nitrogen and oxygen atoms in total. The first-order valence-electron chi connectivity index (χ1n) is 10.2. The number of aliphatic hydroxyl groups is 1. The van der Waals surface area contributed by atoms with E-state index < -0.39 is 0 Å². The third-order valence-corrected chi connectivity index (χ3v) is 5.32. The molecule has 1 heterocycles. The fourth-order valence-corrected chi connectivity index (χ4v) is 4.02. The molecule has 0 fully saturated rings. The maximum absolute atomic E-state index is 14.4. The number of benzene rings is 3. The zero-order valence-corrected chi connectivity index (χ0v) is 16.8. The maximum Gasteiger partial charge on any atom is 0.124 e. The second-order valence-electron chi connectivity index (χ2n) is 7.41. The van der Waals surface area contributed by atoms with E-state index in [0.29, 0.717) is 19.5 Å². The van der Waals surface area contributed by atoms with Gasteiger partial charge in [-0.05, 0) is 41.3 Å². The van der Waals surface area contributed by atoms with E-state index >= 15 is 0 Å². The van der Waals surface area contributed by atoms with Crippen LogP contribution in [-0.4, -0.2) is 28.1 Å². The average Bonchev–Trinajstić information content (AvgIpc) is 2.79. The maximum atomic E-state index is 14.4. The molecular formula is C26H25FN2O. The fraction of sp³-hybridized carbons (Fsp3) is 0.192. The number of pyridine rings is 1. The Hall–Kier alpha value is -3.08. The van der Waals surface area contributed by atoms with Crippen molar-refractivity contribution in [3.8, 4) is 0 Å². The highest BCUT2D eigenvalue weighted by atomic mass is 19.1. The molecule has 0 aliphatic carbocycles. The average molecular weight is 400 g/mol. The highest BCUT2D eigenvalue weighted by molar-refractivity contribution is 5.81. The monoisotopic (exact) mass is 400 g/mol. The summed E-state index contributed by atoms with van der Waals surface area (Å²) < 4.78 is 14.4. The molecule has 30 heavy (non-hydrogen) atoms. The SMILES string of the molecule is OCCCN(Cc1cc(F)cc2cccnc12)C(c1ccccc1)c1ccccc1. The molecule has 0 spiro atoms. The Morgan fingerprint density at radius 2 is 1.53 bits per heavy atom. The van der Waals surface area contributed by atoms with Crippen LogP contribution < -0.4 is 0 Å². The lowest BCUT2D eigenvalue weighted by Gasteiger charge is -2.33. The van der Waals surface area contributed by atoms with Gasteiger partial charge in [-0.25, -0.2) is 4.39 Å². The van der Waals surface area contributed by atoms with Gasteiger partial charge in [0, 0.05) is 31.3 Å². The van der Waals surface area contributed by atoms with Gasteiger partial charge < -0.3 is 5.11 Å². The second-order valence-corrected chi connectivity index (χ2v) is 7.41. The van der Waals surface area contributed by atoms with Crippen molar-refractivity contribution in [3.05, 3.63) is 114 Å². The van der Waals surface area contributed by atoms with Gasteiger partial charge in [-0.1, -0.05) is 66.7 Å². The van der Waals surface area contributed by atoms with Crippen LogP contribution in [0, 0.1) is 5.82 Å². The first-order chi connectivity index (χ1) is 14.8. The number of rotatable bonds is 8. The minimum atomic E-state index is -0.261. The normalized spacial score (nSPS) is 11.5. The van der Waals surface area contributed by atoms with Crippen LogP contribution in [0.3, 0.4) is 0 Å². The molecule has 0 bridgehead atoms. The summed E-state index contributed by atoms with van der Waals surface area (Å²) in [5.41, 5.74) is 3.98. The molecule has 0 saturated heterocycles. The van der Waals surface area contributed by atoms with Gasteiger partial charge in [0.25, 0.3) is 0 Å². The third-order valence-electron chi connectivity index (χ3n) is 5.32. The summed E-state index contributed by atoms with van der Waals surface area (Å²) in [7, 11) is 0. The van der Waals surface area contributed by atoms with E-state index in [0.717, 1.165) is 27.6 Å². The van der Waals surface area contributed by atoms with E-state index in [4.69, 9.17) is 0 Å². The largest absolute Gasteiger partial charge is 0.396 e. The quantitative estimate of drug-likeness (QED) is 0.433. The number of hydrogen-bond acceptors (Lipinski definition) is 3. The molecule has 152 valence electrons. The molecule has 0 aliphatic heterocycles. The number of aliphatic hydroxyl groups excluding tert-OH is 1. The molecule has 0 radical (unpaired) electrons. The molecule has 3 aromatic carbocycles. The number of hydrogen-bond donors (Lipinski definition) is 1.